The molecular formula is C18H19N3O2S. The maximum absolute atomic E-state index is 11.6. The van der Waals surface area contributed by atoms with E-state index < -0.39 is 0 Å². The Labute approximate surface area is 146 Å². The molecule has 1 amide bonds. The van der Waals surface area contributed by atoms with Crippen LogP contribution in [0.2, 0.25) is 0 Å². The molecule has 0 aliphatic rings. The first-order valence-electron chi connectivity index (χ1n) is 7.35. The van der Waals surface area contributed by atoms with Crippen molar-refractivity contribution in [3.8, 4) is 5.75 Å². The SMILES string of the molecule is Cc1ccc(COc2ccccc2/C=C/C(=O)NNC(N)=S)cc1. The summed E-state index contributed by atoms with van der Waals surface area (Å²) in [4.78, 5) is 11.6. The third kappa shape index (κ3) is 5.73. The summed E-state index contributed by atoms with van der Waals surface area (Å²) in [6.07, 6.45) is 3.04. The number of thiocarbonyl (C=S) groups is 1. The van der Waals surface area contributed by atoms with Crippen LogP contribution in [0.1, 0.15) is 16.7 Å². The lowest BCUT2D eigenvalue weighted by Gasteiger charge is -2.09. The number of rotatable bonds is 5. The van der Waals surface area contributed by atoms with Gasteiger partial charge in [0.15, 0.2) is 5.11 Å². The molecule has 0 saturated carbocycles. The Kier molecular flexibility index (Phi) is 6.33. The molecule has 0 atom stereocenters. The molecule has 0 aliphatic carbocycles. The summed E-state index contributed by atoms with van der Waals surface area (Å²) >= 11 is 4.61. The van der Waals surface area contributed by atoms with Gasteiger partial charge in [0, 0.05) is 11.6 Å². The quantitative estimate of drug-likeness (QED) is 0.442. The second-order valence-electron chi connectivity index (χ2n) is 5.12. The van der Waals surface area contributed by atoms with Gasteiger partial charge in [-0.2, -0.15) is 0 Å². The van der Waals surface area contributed by atoms with Crippen LogP contribution in [-0.4, -0.2) is 11.0 Å². The standard InChI is InChI=1S/C18H19N3O2S/c1-13-6-8-14(9-7-13)12-23-16-5-3-2-4-15(16)10-11-17(22)20-21-18(19)24/h2-11H,12H2,1H3,(H,20,22)(H3,19,21,24)/b11-10+. The van der Waals surface area contributed by atoms with Crippen molar-refractivity contribution >= 4 is 29.3 Å². The summed E-state index contributed by atoms with van der Waals surface area (Å²) < 4.78 is 5.85. The lowest BCUT2D eigenvalue weighted by atomic mass is 10.1. The highest BCUT2D eigenvalue weighted by Gasteiger charge is 2.02. The number of benzene rings is 2. The fourth-order valence-electron chi connectivity index (χ4n) is 1.93. The van der Waals surface area contributed by atoms with Crippen molar-refractivity contribution in [3.63, 3.8) is 0 Å². The van der Waals surface area contributed by atoms with Crippen LogP contribution in [-0.2, 0) is 11.4 Å². The number of carbonyl (C=O) groups excluding carboxylic acids is 1. The number of hydrogen-bond acceptors (Lipinski definition) is 3. The average Bonchev–Trinajstić information content (AvgIpc) is 2.58. The summed E-state index contributed by atoms with van der Waals surface area (Å²) in [5.74, 6) is 0.334. The minimum Gasteiger partial charge on any atom is -0.488 e. The van der Waals surface area contributed by atoms with E-state index in [4.69, 9.17) is 10.5 Å². The third-order valence-corrected chi connectivity index (χ3v) is 3.26. The number of carbonyl (C=O) groups is 1. The van der Waals surface area contributed by atoms with Crippen LogP contribution < -0.4 is 21.3 Å². The minimum atomic E-state index is -0.365. The van der Waals surface area contributed by atoms with Gasteiger partial charge in [0.2, 0.25) is 0 Å². The van der Waals surface area contributed by atoms with E-state index in [9.17, 15) is 4.79 Å². The number of amides is 1. The predicted octanol–water partition coefficient (Wildman–Crippen LogP) is 2.45. The Balaban J connectivity index is 2.00. The summed E-state index contributed by atoms with van der Waals surface area (Å²) in [5, 5.41) is -0.00131. The van der Waals surface area contributed by atoms with E-state index in [1.165, 1.54) is 11.6 Å². The molecular weight excluding hydrogens is 322 g/mol. The average molecular weight is 341 g/mol. The monoisotopic (exact) mass is 341 g/mol. The highest BCUT2D eigenvalue weighted by Crippen LogP contribution is 2.20. The van der Waals surface area contributed by atoms with Crippen molar-refractivity contribution in [2.45, 2.75) is 13.5 Å². The van der Waals surface area contributed by atoms with E-state index in [1.807, 2.05) is 55.5 Å². The molecule has 2 aromatic rings. The first-order valence-corrected chi connectivity index (χ1v) is 7.76. The maximum Gasteiger partial charge on any atom is 0.262 e. The van der Waals surface area contributed by atoms with E-state index in [0.717, 1.165) is 11.1 Å². The Morgan fingerprint density at radius 1 is 1.17 bits per heavy atom. The Hall–Kier alpha value is -2.86. The molecule has 0 unspecified atom stereocenters. The van der Waals surface area contributed by atoms with Gasteiger partial charge in [-0.3, -0.25) is 15.6 Å². The molecule has 0 spiro atoms. The summed E-state index contributed by atoms with van der Waals surface area (Å²) in [7, 11) is 0. The van der Waals surface area contributed by atoms with Gasteiger partial charge in [-0.15, -0.1) is 0 Å². The van der Waals surface area contributed by atoms with Crippen LogP contribution in [0.4, 0.5) is 0 Å². The van der Waals surface area contributed by atoms with Crippen molar-refractivity contribution in [2.75, 3.05) is 0 Å². The van der Waals surface area contributed by atoms with Gasteiger partial charge in [-0.05, 0) is 36.8 Å². The lowest BCUT2D eigenvalue weighted by molar-refractivity contribution is -0.116. The highest BCUT2D eigenvalue weighted by molar-refractivity contribution is 7.80. The van der Waals surface area contributed by atoms with Crippen LogP contribution in [0.5, 0.6) is 5.75 Å². The molecule has 124 valence electrons. The maximum atomic E-state index is 11.6. The van der Waals surface area contributed by atoms with E-state index in [-0.39, 0.29) is 11.0 Å². The zero-order chi connectivity index (χ0) is 17.4. The van der Waals surface area contributed by atoms with Crippen molar-refractivity contribution in [1.82, 2.24) is 10.9 Å². The zero-order valence-corrected chi connectivity index (χ0v) is 14.1. The van der Waals surface area contributed by atoms with Crippen LogP contribution >= 0.6 is 12.2 Å². The molecule has 0 radical (unpaired) electrons. The van der Waals surface area contributed by atoms with Gasteiger partial charge in [0.25, 0.3) is 5.91 Å². The Morgan fingerprint density at radius 3 is 2.58 bits per heavy atom. The molecule has 6 heteroatoms. The smallest absolute Gasteiger partial charge is 0.262 e. The molecule has 2 aromatic carbocycles. The van der Waals surface area contributed by atoms with E-state index in [0.29, 0.717) is 12.4 Å². The number of nitrogens with one attached hydrogen (secondary N) is 2. The third-order valence-electron chi connectivity index (χ3n) is 3.16. The second kappa shape index (κ2) is 8.69. The van der Waals surface area contributed by atoms with E-state index >= 15 is 0 Å². The number of para-hydroxylation sites is 1. The molecule has 4 N–H and O–H groups in total. The van der Waals surface area contributed by atoms with Crippen LogP contribution in [0.15, 0.2) is 54.6 Å². The molecule has 2 rings (SSSR count). The zero-order valence-electron chi connectivity index (χ0n) is 13.3. The van der Waals surface area contributed by atoms with E-state index in [2.05, 4.69) is 23.1 Å². The number of hydrogen-bond donors (Lipinski definition) is 3. The molecule has 24 heavy (non-hydrogen) atoms. The molecule has 5 nitrogen and oxygen atoms in total. The van der Waals surface area contributed by atoms with Gasteiger partial charge in [-0.1, -0.05) is 48.0 Å². The van der Waals surface area contributed by atoms with E-state index in [1.54, 1.807) is 6.08 Å². The van der Waals surface area contributed by atoms with Crippen molar-refractivity contribution in [1.29, 1.82) is 0 Å². The molecule has 0 fully saturated rings. The summed E-state index contributed by atoms with van der Waals surface area (Å²) in [6, 6.07) is 15.6. The summed E-state index contributed by atoms with van der Waals surface area (Å²) in [6.45, 7) is 2.50. The van der Waals surface area contributed by atoms with Crippen molar-refractivity contribution in [2.24, 2.45) is 5.73 Å². The Bertz CT molecular complexity index is 742. The molecule has 0 aliphatic heterocycles. The number of hydrazine groups is 1. The lowest BCUT2D eigenvalue weighted by Crippen LogP contribution is -2.43. The first kappa shape index (κ1) is 17.5. The fraction of sp³-hybridized carbons (Fsp3) is 0.111. The van der Waals surface area contributed by atoms with Gasteiger partial charge < -0.3 is 10.5 Å². The van der Waals surface area contributed by atoms with Crippen molar-refractivity contribution < 1.29 is 9.53 Å². The largest absolute Gasteiger partial charge is 0.488 e. The van der Waals surface area contributed by atoms with Gasteiger partial charge in [0.05, 0.1) is 0 Å². The summed E-state index contributed by atoms with van der Waals surface area (Å²) in [5.41, 5.74) is 13.1. The molecule has 0 heterocycles. The number of nitrogens with two attached hydrogens (primary N) is 1. The molecule has 0 saturated heterocycles. The fourth-order valence-corrected chi connectivity index (χ4v) is 1.98. The second-order valence-corrected chi connectivity index (χ2v) is 5.56. The van der Waals surface area contributed by atoms with Crippen LogP contribution in [0.3, 0.4) is 0 Å². The van der Waals surface area contributed by atoms with Crippen LogP contribution in [0.25, 0.3) is 6.08 Å². The normalized spacial score (nSPS) is 10.4. The van der Waals surface area contributed by atoms with Gasteiger partial charge in [0.1, 0.15) is 12.4 Å². The molecule has 0 aromatic heterocycles. The molecule has 0 bridgehead atoms. The topological polar surface area (TPSA) is 76.4 Å². The van der Waals surface area contributed by atoms with Gasteiger partial charge >= 0.3 is 0 Å². The minimum absolute atomic E-state index is 0.00131. The highest BCUT2D eigenvalue weighted by atomic mass is 32.1. The first-order chi connectivity index (χ1) is 11.5. The van der Waals surface area contributed by atoms with Crippen LogP contribution in [0, 0.1) is 6.92 Å². The van der Waals surface area contributed by atoms with Gasteiger partial charge in [-0.25, -0.2) is 0 Å². The predicted molar refractivity (Wildman–Crippen MR) is 99.1 cm³/mol. The van der Waals surface area contributed by atoms with Crippen molar-refractivity contribution in [3.05, 3.63) is 71.3 Å². The number of ether oxygens (including phenoxy) is 1. The Morgan fingerprint density at radius 2 is 1.88 bits per heavy atom. The number of aryl methyl sites for hydroxylation is 1.